The average Bonchev–Trinajstić information content (AvgIpc) is 2.45. The third kappa shape index (κ3) is 3.47. The molecular formula is C15H20O4. The molecule has 2 rings (SSSR count). The summed E-state index contributed by atoms with van der Waals surface area (Å²) in [6.07, 6.45) is 5.54. The molecule has 1 saturated carbocycles. The molecule has 1 N–H and O–H groups in total. The van der Waals surface area contributed by atoms with Crippen LogP contribution in [-0.4, -0.2) is 30.7 Å². The number of carbonyl (C=O) groups is 1. The zero-order valence-corrected chi connectivity index (χ0v) is 11.2. The first-order chi connectivity index (χ1) is 9.17. The van der Waals surface area contributed by atoms with Crippen molar-refractivity contribution in [3.63, 3.8) is 0 Å². The highest BCUT2D eigenvalue weighted by molar-refractivity contribution is 5.76. The molecule has 4 heteroatoms. The molecule has 1 aromatic carbocycles. The highest BCUT2D eigenvalue weighted by atomic mass is 16.5. The van der Waals surface area contributed by atoms with Crippen LogP contribution >= 0.6 is 0 Å². The Hall–Kier alpha value is -1.55. The number of carbonyl (C=O) groups excluding carboxylic acids is 1. The van der Waals surface area contributed by atoms with E-state index in [1.807, 2.05) is 0 Å². The van der Waals surface area contributed by atoms with E-state index in [2.05, 4.69) is 0 Å². The lowest BCUT2D eigenvalue weighted by molar-refractivity contribution is -0.0343. The smallest absolute Gasteiger partial charge is 0.162 e. The molecule has 1 aliphatic carbocycles. The Morgan fingerprint density at radius 3 is 2.63 bits per heavy atom. The Bertz CT molecular complexity index is 436. The van der Waals surface area contributed by atoms with Crippen molar-refractivity contribution < 1.29 is 19.4 Å². The maximum Gasteiger partial charge on any atom is 0.162 e. The van der Waals surface area contributed by atoms with Crippen molar-refractivity contribution in [2.75, 3.05) is 13.7 Å². The first-order valence-electron chi connectivity index (χ1n) is 6.65. The van der Waals surface area contributed by atoms with Crippen LogP contribution in [-0.2, 0) is 0 Å². The van der Waals surface area contributed by atoms with E-state index >= 15 is 0 Å². The Balaban J connectivity index is 2.07. The summed E-state index contributed by atoms with van der Waals surface area (Å²) in [6.45, 7) is 0.242. The highest BCUT2D eigenvalue weighted by Gasteiger charge is 2.30. The molecule has 1 aromatic rings. The van der Waals surface area contributed by atoms with Crippen molar-refractivity contribution in [1.29, 1.82) is 0 Å². The van der Waals surface area contributed by atoms with Gasteiger partial charge in [0, 0.05) is 5.56 Å². The molecule has 0 aliphatic heterocycles. The van der Waals surface area contributed by atoms with Gasteiger partial charge in [0.05, 0.1) is 12.7 Å². The van der Waals surface area contributed by atoms with Gasteiger partial charge in [-0.15, -0.1) is 0 Å². The summed E-state index contributed by atoms with van der Waals surface area (Å²) in [5, 5.41) is 10.4. The first kappa shape index (κ1) is 13.9. The third-order valence-corrected chi connectivity index (χ3v) is 3.60. The lowest BCUT2D eigenvalue weighted by Crippen LogP contribution is -2.37. The van der Waals surface area contributed by atoms with Gasteiger partial charge in [-0.05, 0) is 31.0 Å². The van der Waals surface area contributed by atoms with E-state index in [1.165, 1.54) is 6.42 Å². The molecule has 0 radical (unpaired) electrons. The van der Waals surface area contributed by atoms with E-state index in [-0.39, 0.29) is 6.61 Å². The Labute approximate surface area is 113 Å². The van der Waals surface area contributed by atoms with E-state index in [4.69, 9.17) is 9.47 Å². The van der Waals surface area contributed by atoms with Crippen LogP contribution in [0.15, 0.2) is 18.2 Å². The molecule has 0 amide bonds. The number of rotatable bonds is 5. The number of methoxy groups -OCH3 is 1. The summed E-state index contributed by atoms with van der Waals surface area (Å²) in [4.78, 5) is 10.8. The lowest BCUT2D eigenvalue weighted by Gasteiger charge is -2.31. The van der Waals surface area contributed by atoms with Gasteiger partial charge in [0.25, 0.3) is 0 Å². The van der Waals surface area contributed by atoms with Gasteiger partial charge in [-0.3, -0.25) is 4.79 Å². The van der Waals surface area contributed by atoms with E-state index in [0.717, 1.165) is 32.0 Å². The van der Waals surface area contributed by atoms with Gasteiger partial charge in [-0.25, -0.2) is 0 Å². The van der Waals surface area contributed by atoms with Crippen LogP contribution in [0.1, 0.15) is 42.5 Å². The number of aldehydes is 1. The van der Waals surface area contributed by atoms with E-state index in [0.29, 0.717) is 17.1 Å². The molecular weight excluding hydrogens is 244 g/mol. The van der Waals surface area contributed by atoms with Crippen LogP contribution < -0.4 is 9.47 Å². The van der Waals surface area contributed by atoms with Crippen molar-refractivity contribution in [2.24, 2.45) is 0 Å². The summed E-state index contributed by atoms with van der Waals surface area (Å²) < 4.78 is 10.9. The average molecular weight is 264 g/mol. The van der Waals surface area contributed by atoms with Gasteiger partial charge < -0.3 is 14.6 Å². The van der Waals surface area contributed by atoms with Crippen molar-refractivity contribution in [2.45, 2.75) is 37.7 Å². The van der Waals surface area contributed by atoms with Crippen molar-refractivity contribution >= 4 is 6.29 Å². The number of ether oxygens (including phenoxy) is 2. The molecule has 1 aliphatic rings. The molecule has 0 aromatic heterocycles. The fourth-order valence-electron chi connectivity index (χ4n) is 2.45. The predicted molar refractivity (Wildman–Crippen MR) is 71.9 cm³/mol. The summed E-state index contributed by atoms with van der Waals surface area (Å²) in [7, 11) is 1.55. The topological polar surface area (TPSA) is 55.8 Å². The lowest BCUT2D eigenvalue weighted by atomic mass is 9.85. The minimum absolute atomic E-state index is 0.242. The van der Waals surface area contributed by atoms with Gasteiger partial charge in [0.2, 0.25) is 0 Å². The van der Waals surface area contributed by atoms with Crippen LogP contribution in [0.4, 0.5) is 0 Å². The molecule has 0 atom stereocenters. The zero-order chi connectivity index (χ0) is 13.7. The largest absolute Gasteiger partial charge is 0.493 e. The normalized spacial score (nSPS) is 17.8. The number of hydrogen-bond acceptors (Lipinski definition) is 4. The standard InChI is InChI=1S/C15H20O4/c1-18-13-6-5-12(10-16)9-14(13)19-11-15(17)7-3-2-4-8-15/h5-6,9-10,17H,2-4,7-8,11H2,1H3. The summed E-state index contributed by atoms with van der Waals surface area (Å²) in [5.74, 6) is 1.08. The van der Waals surface area contributed by atoms with E-state index in [9.17, 15) is 9.90 Å². The first-order valence-corrected chi connectivity index (χ1v) is 6.65. The minimum atomic E-state index is -0.750. The molecule has 0 saturated heterocycles. The fourth-order valence-corrected chi connectivity index (χ4v) is 2.45. The third-order valence-electron chi connectivity index (χ3n) is 3.60. The van der Waals surface area contributed by atoms with Crippen LogP contribution in [0.2, 0.25) is 0 Å². The summed E-state index contributed by atoms with van der Waals surface area (Å²) in [6, 6.07) is 5.01. The number of aliphatic hydroxyl groups is 1. The van der Waals surface area contributed by atoms with Gasteiger partial charge >= 0.3 is 0 Å². The van der Waals surface area contributed by atoms with Crippen LogP contribution in [0.5, 0.6) is 11.5 Å². The zero-order valence-electron chi connectivity index (χ0n) is 11.2. The molecule has 1 fully saturated rings. The Kier molecular flexibility index (Phi) is 4.43. The second-order valence-electron chi connectivity index (χ2n) is 5.10. The molecule has 0 unspecified atom stereocenters. The van der Waals surface area contributed by atoms with Gasteiger partial charge in [0.15, 0.2) is 11.5 Å². The Morgan fingerprint density at radius 2 is 2.00 bits per heavy atom. The predicted octanol–water partition coefficient (Wildman–Crippen LogP) is 2.58. The van der Waals surface area contributed by atoms with E-state index in [1.54, 1.807) is 25.3 Å². The van der Waals surface area contributed by atoms with Gasteiger partial charge in [-0.2, -0.15) is 0 Å². The van der Waals surface area contributed by atoms with Gasteiger partial charge in [-0.1, -0.05) is 19.3 Å². The number of hydrogen-bond donors (Lipinski definition) is 1. The summed E-state index contributed by atoms with van der Waals surface area (Å²) >= 11 is 0. The van der Waals surface area contributed by atoms with Crippen LogP contribution in [0, 0.1) is 0 Å². The maximum atomic E-state index is 10.8. The van der Waals surface area contributed by atoms with Crippen molar-refractivity contribution in [1.82, 2.24) is 0 Å². The molecule has 4 nitrogen and oxygen atoms in total. The molecule has 0 spiro atoms. The second-order valence-corrected chi connectivity index (χ2v) is 5.10. The SMILES string of the molecule is COc1ccc(C=O)cc1OCC1(O)CCCCC1. The van der Waals surface area contributed by atoms with Gasteiger partial charge in [0.1, 0.15) is 12.9 Å². The monoisotopic (exact) mass is 264 g/mol. The maximum absolute atomic E-state index is 10.8. The van der Waals surface area contributed by atoms with Crippen molar-refractivity contribution in [3.8, 4) is 11.5 Å². The van der Waals surface area contributed by atoms with Crippen LogP contribution in [0.3, 0.4) is 0 Å². The van der Waals surface area contributed by atoms with E-state index < -0.39 is 5.60 Å². The molecule has 19 heavy (non-hydrogen) atoms. The second kappa shape index (κ2) is 6.06. The highest BCUT2D eigenvalue weighted by Crippen LogP contribution is 2.32. The number of benzene rings is 1. The fraction of sp³-hybridized carbons (Fsp3) is 0.533. The molecule has 104 valence electrons. The molecule has 0 heterocycles. The van der Waals surface area contributed by atoms with Crippen molar-refractivity contribution in [3.05, 3.63) is 23.8 Å². The van der Waals surface area contributed by atoms with Crippen LogP contribution in [0.25, 0.3) is 0 Å². The minimum Gasteiger partial charge on any atom is -0.493 e. The quantitative estimate of drug-likeness (QED) is 0.830. The summed E-state index contributed by atoms with van der Waals surface area (Å²) in [5.41, 5.74) is -0.216. The Morgan fingerprint density at radius 1 is 1.26 bits per heavy atom. The molecule has 0 bridgehead atoms.